The predicted octanol–water partition coefficient (Wildman–Crippen LogP) is 4.39. The fourth-order valence-electron chi connectivity index (χ4n) is 2.54. The van der Waals surface area contributed by atoms with Crippen LogP contribution in [0.5, 0.6) is 0 Å². The van der Waals surface area contributed by atoms with E-state index < -0.39 is 0 Å². The van der Waals surface area contributed by atoms with E-state index in [1.807, 2.05) is 6.92 Å². The average molecular weight is 401 g/mol. The second-order valence-electron chi connectivity index (χ2n) is 6.15. The van der Waals surface area contributed by atoms with Gasteiger partial charge in [-0.2, -0.15) is 0 Å². The predicted molar refractivity (Wildman–Crippen MR) is 112 cm³/mol. The maximum absolute atomic E-state index is 12.6. The Bertz CT molecular complexity index is 999. The average Bonchev–Trinajstić information content (AvgIpc) is 2.91. The van der Waals surface area contributed by atoms with Crippen molar-refractivity contribution < 1.29 is 9.59 Å². The van der Waals surface area contributed by atoms with Crippen LogP contribution in [-0.2, 0) is 9.59 Å². The normalized spacial score (nSPS) is 12.0. The maximum Gasteiger partial charge on any atom is 0.237 e. The number of anilines is 2. The molecule has 1 atom stereocenters. The molecule has 3 aromatic rings. The number of thioether (sulfide) groups is 1. The summed E-state index contributed by atoms with van der Waals surface area (Å²) >= 11 is 3.07. The lowest BCUT2D eigenvalue weighted by Gasteiger charge is -2.13. The fourth-order valence-corrected chi connectivity index (χ4v) is 4.58. The second kappa shape index (κ2) is 8.06. The molecule has 2 aromatic heterocycles. The molecule has 0 saturated heterocycles. The van der Waals surface area contributed by atoms with Crippen molar-refractivity contribution in [2.45, 2.75) is 38.0 Å². The van der Waals surface area contributed by atoms with E-state index >= 15 is 0 Å². The van der Waals surface area contributed by atoms with Gasteiger partial charge in [-0.3, -0.25) is 9.59 Å². The number of nitrogens with one attached hydrogen (secondary N) is 2. The topological polar surface area (TPSA) is 84.0 Å². The summed E-state index contributed by atoms with van der Waals surface area (Å²) in [5.41, 5.74) is 2.53. The van der Waals surface area contributed by atoms with Crippen LogP contribution in [0, 0.1) is 13.8 Å². The van der Waals surface area contributed by atoms with E-state index in [0.717, 1.165) is 15.2 Å². The van der Waals surface area contributed by atoms with Crippen LogP contribution in [-0.4, -0.2) is 27.0 Å². The highest BCUT2D eigenvalue weighted by atomic mass is 32.2. The summed E-state index contributed by atoms with van der Waals surface area (Å²) in [6.07, 6.45) is 1.55. The van der Waals surface area contributed by atoms with Crippen LogP contribution in [0.4, 0.5) is 11.4 Å². The Morgan fingerprint density at radius 3 is 2.33 bits per heavy atom. The summed E-state index contributed by atoms with van der Waals surface area (Å²) in [6, 6.07) is 7.02. The van der Waals surface area contributed by atoms with E-state index in [0.29, 0.717) is 11.4 Å². The number of amides is 2. The Balaban J connectivity index is 1.70. The second-order valence-corrected chi connectivity index (χ2v) is 8.68. The summed E-state index contributed by atoms with van der Waals surface area (Å²) in [5, 5.41) is 7.13. The number of hydrogen-bond acceptors (Lipinski definition) is 6. The van der Waals surface area contributed by atoms with Crippen molar-refractivity contribution in [2.75, 3.05) is 10.6 Å². The van der Waals surface area contributed by atoms with Crippen molar-refractivity contribution >= 4 is 56.5 Å². The van der Waals surface area contributed by atoms with Crippen molar-refractivity contribution in [2.24, 2.45) is 0 Å². The minimum Gasteiger partial charge on any atom is -0.326 e. The highest BCUT2D eigenvalue weighted by Gasteiger charge is 2.19. The molecule has 1 aromatic carbocycles. The van der Waals surface area contributed by atoms with Crippen LogP contribution < -0.4 is 10.6 Å². The molecular weight excluding hydrogens is 380 g/mol. The molecule has 2 N–H and O–H groups in total. The summed E-state index contributed by atoms with van der Waals surface area (Å²) in [7, 11) is 0. The Kier molecular flexibility index (Phi) is 5.76. The Labute approximate surface area is 165 Å². The van der Waals surface area contributed by atoms with Gasteiger partial charge in [-0.25, -0.2) is 9.97 Å². The van der Waals surface area contributed by atoms with Crippen LogP contribution in [0.15, 0.2) is 35.6 Å². The first-order chi connectivity index (χ1) is 12.8. The first-order valence-electron chi connectivity index (χ1n) is 8.41. The van der Waals surface area contributed by atoms with Gasteiger partial charge in [-0.1, -0.05) is 11.8 Å². The SMILES string of the molecule is CC(=O)Nc1ccc(NC(=O)[C@H](C)Sc2ncnc3sc(C)c(C)c23)cc1. The van der Waals surface area contributed by atoms with E-state index in [1.54, 1.807) is 41.9 Å². The lowest BCUT2D eigenvalue weighted by atomic mass is 10.2. The van der Waals surface area contributed by atoms with E-state index in [1.165, 1.54) is 29.1 Å². The molecule has 0 spiro atoms. The smallest absolute Gasteiger partial charge is 0.237 e. The minimum atomic E-state index is -0.322. The number of carbonyl (C=O) groups is 2. The molecule has 0 bridgehead atoms. The molecular formula is C19H20N4O2S2. The molecule has 3 rings (SSSR count). The summed E-state index contributed by atoms with van der Waals surface area (Å²) in [4.78, 5) is 34.5. The molecule has 0 fully saturated rings. The van der Waals surface area contributed by atoms with Crippen LogP contribution in [0.2, 0.25) is 0 Å². The highest BCUT2D eigenvalue weighted by Crippen LogP contribution is 2.36. The van der Waals surface area contributed by atoms with E-state index in [9.17, 15) is 9.59 Å². The summed E-state index contributed by atoms with van der Waals surface area (Å²) in [6.45, 7) is 7.43. The number of aryl methyl sites for hydroxylation is 2. The number of hydrogen-bond donors (Lipinski definition) is 2. The molecule has 6 nitrogen and oxygen atoms in total. The van der Waals surface area contributed by atoms with Crippen LogP contribution in [0.25, 0.3) is 10.2 Å². The summed E-state index contributed by atoms with van der Waals surface area (Å²) < 4.78 is 0. The van der Waals surface area contributed by atoms with Crippen molar-refractivity contribution in [1.82, 2.24) is 9.97 Å². The Morgan fingerprint density at radius 2 is 1.70 bits per heavy atom. The molecule has 8 heteroatoms. The standard InChI is InChI=1S/C19H20N4O2S2/c1-10-11(2)26-18-16(10)19(21-9-20-18)27-12(3)17(25)23-15-7-5-14(6-8-15)22-13(4)24/h5-9,12H,1-4H3,(H,22,24)(H,23,25)/t12-/m0/s1. The quantitative estimate of drug-likeness (QED) is 0.490. The number of benzene rings is 1. The molecule has 140 valence electrons. The molecule has 0 saturated carbocycles. The van der Waals surface area contributed by atoms with Gasteiger partial charge in [0.05, 0.1) is 5.25 Å². The Hall–Kier alpha value is -2.45. The third-order valence-electron chi connectivity index (χ3n) is 4.06. The maximum atomic E-state index is 12.6. The molecule has 0 aliphatic heterocycles. The minimum absolute atomic E-state index is 0.108. The molecule has 0 aliphatic rings. The number of thiophene rings is 1. The van der Waals surface area contributed by atoms with Gasteiger partial charge in [-0.15, -0.1) is 11.3 Å². The van der Waals surface area contributed by atoms with E-state index in [4.69, 9.17) is 0 Å². The van der Waals surface area contributed by atoms with E-state index in [-0.39, 0.29) is 17.1 Å². The van der Waals surface area contributed by atoms with Crippen molar-refractivity contribution in [3.8, 4) is 0 Å². The van der Waals surface area contributed by atoms with Gasteiger partial charge in [0.15, 0.2) is 0 Å². The third kappa shape index (κ3) is 4.45. The molecule has 0 aliphatic carbocycles. The number of carbonyl (C=O) groups excluding carboxylic acids is 2. The van der Waals surface area contributed by atoms with Crippen LogP contribution in [0.1, 0.15) is 24.3 Å². The van der Waals surface area contributed by atoms with Gasteiger partial charge < -0.3 is 10.6 Å². The molecule has 0 unspecified atom stereocenters. The number of nitrogens with zero attached hydrogens (tertiary/aromatic N) is 2. The third-order valence-corrected chi connectivity index (χ3v) is 6.28. The van der Waals surface area contributed by atoms with Gasteiger partial charge >= 0.3 is 0 Å². The Morgan fingerprint density at radius 1 is 1.07 bits per heavy atom. The van der Waals surface area contributed by atoms with Crippen LogP contribution >= 0.6 is 23.1 Å². The van der Waals surface area contributed by atoms with Crippen molar-refractivity contribution in [3.05, 3.63) is 41.0 Å². The zero-order valence-electron chi connectivity index (χ0n) is 15.5. The molecule has 2 amide bonds. The van der Waals surface area contributed by atoms with Crippen molar-refractivity contribution in [3.63, 3.8) is 0 Å². The lowest BCUT2D eigenvalue weighted by molar-refractivity contribution is -0.115. The largest absolute Gasteiger partial charge is 0.326 e. The van der Waals surface area contributed by atoms with Crippen LogP contribution in [0.3, 0.4) is 0 Å². The monoisotopic (exact) mass is 400 g/mol. The lowest BCUT2D eigenvalue weighted by Crippen LogP contribution is -2.22. The number of rotatable bonds is 5. The van der Waals surface area contributed by atoms with Gasteiger partial charge in [-0.05, 0) is 50.6 Å². The first kappa shape index (κ1) is 19.3. The van der Waals surface area contributed by atoms with Gasteiger partial charge in [0, 0.05) is 28.6 Å². The van der Waals surface area contributed by atoms with Gasteiger partial charge in [0.2, 0.25) is 11.8 Å². The van der Waals surface area contributed by atoms with Gasteiger partial charge in [0.1, 0.15) is 16.2 Å². The highest BCUT2D eigenvalue weighted by molar-refractivity contribution is 8.00. The number of aromatic nitrogens is 2. The zero-order valence-corrected chi connectivity index (χ0v) is 17.1. The zero-order chi connectivity index (χ0) is 19.6. The fraction of sp³-hybridized carbons (Fsp3) is 0.263. The van der Waals surface area contributed by atoms with E-state index in [2.05, 4.69) is 34.4 Å². The molecule has 0 radical (unpaired) electrons. The molecule has 2 heterocycles. The van der Waals surface area contributed by atoms with Gasteiger partial charge in [0.25, 0.3) is 0 Å². The number of fused-ring (bicyclic) bond motifs is 1. The van der Waals surface area contributed by atoms with Crippen molar-refractivity contribution in [1.29, 1.82) is 0 Å². The summed E-state index contributed by atoms with van der Waals surface area (Å²) in [5.74, 6) is -0.240. The molecule has 27 heavy (non-hydrogen) atoms. The first-order valence-corrected chi connectivity index (χ1v) is 10.1.